The molecule has 0 aliphatic heterocycles. The molecule has 0 atom stereocenters. The first-order chi connectivity index (χ1) is 5.27. The van der Waals surface area contributed by atoms with Crippen molar-refractivity contribution in [1.29, 1.82) is 0 Å². The van der Waals surface area contributed by atoms with Crippen LogP contribution in [0.25, 0.3) is 0 Å². The molecule has 3 nitrogen and oxygen atoms in total. The van der Waals surface area contributed by atoms with Gasteiger partial charge in [-0.05, 0) is 19.1 Å². The standard InChI is InChI=1S/C7H14O3S/c1-2-10-4-3-5-11-6-7(8)9/h2-6H2,1H3,(H,8,9). The molecule has 0 saturated heterocycles. The fraction of sp³-hybridized carbons (Fsp3) is 0.857. The zero-order valence-electron chi connectivity index (χ0n) is 6.71. The van der Waals surface area contributed by atoms with Crippen molar-refractivity contribution in [2.75, 3.05) is 24.7 Å². The molecule has 0 aromatic heterocycles. The van der Waals surface area contributed by atoms with Gasteiger partial charge >= 0.3 is 5.97 Å². The molecule has 0 saturated carbocycles. The molecule has 4 heteroatoms. The van der Waals surface area contributed by atoms with E-state index < -0.39 is 5.97 Å². The summed E-state index contributed by atoms with van der Waals surface area (Å²) in [6.07, 6.45) is 0.936. The highest BCUT2D eigenvalue weighted by Gasteiger charge is 1.95. The topological polar surface area (TPSA) is 46.5 Å². The predicted octanol–water partition coefficient (Wildman–Crippen LogP) is 1.23. The zero-order chi connectivity index (χ0) is 8.53. The minimum absolute atomic E-state index is 0.201. The van der Waals surface area contributed by atoms with E-state index in [1.807, 2.05) is 6.92 Å². The third kappa shape index (κ3) is 9.78. The smallest absolute Gasteiger partial charge is 0.313 e. The summed E-state index contributed by atoms with van der Waals surface area (Å²) in [5.74, 6) is 0.324. The summed E-state index contributed by atoms with van der Waals surface area (Å²) in [4.78, 5) is 10.0. The number of thioether (sulfide) groups is 1. The van der Waals surface area contributed by atoms with Gasteiger partial charge < -0.3 is 9.84 Å². The molecule has 0 heterocycles. The van der Waals surface area contributed by atoms with Crippen LogP contribution in [0.1, 0.15) is 13.3 Å². The van der Waals surface area contributed by atoms with E-state index in [4.69, 9.17) is 9.84 Å². The van der Waals surface area contributed by atoms with Crippen molar-refractivity contribution >= 4 is 17.7 Å². The molecule has 0 amide bonds. The minimum Gasteiger partial charge on any atom is -0.481 e. The number of aliphatic carboxylic acids is 1. The lowest BCUT2D eigenvalue weighted by Gasteiger charge is -1.99. The normalized spacial score (nSPS) is 9.91. The molecule has 0 rings (SSSR count). The molecule has 0 spiro atoms. The van der Waals surface area contributed by atoms with Gasteiger partial charge in [0.1, 0.15) is 0 Å². The van der Waals surface area contributed by atoms with Crippen LogP contribution in [0.15, 0.2) is 0 Å². The number of carboxylic acid groups (broad SMARTS) is 1. The van der Waals surface area contributed by atoms with Gasteiger partial charge in [0.25, 0.3) is 0 Å². The molecule has 0 aromatic carbocycles. The third-order valence-electron chi connectivity index (χ3n) is 1.01. The average molecular weight is 178 g/mol. The van der Waals surface area contributed by atoms with Crippen LogP contribution in [-0.4, -0.2) is 35.8 Å². The first-order valence-corrected chi connectivity index (χ1v) is 4.80. The Labute approximate surface area is 71.1 Å². The molecule has 0 aromatic rings. The number of hydrogen-bond acceptors (Lipinski definition) is 3. The first kappa shape index (κ1) is 10.8. The second-order valence-corrected chi connectivity index (χ2v) is 3.10. The van der Waals surface area contributed by atoms with Gasteiger partial charge in [-0.2, -0.15) is 11.8 Å². The minimum atomic E-state index is -0.744. The first-order valence-electron chi connectivity index (χ1n) is 3.64. The fourth-order valence-electron chi connectivity index (χ4n) is 0.567. The van der Waals surface area contributed by atoms with Crippen LogP contribution in [0.3, 0.4) is 0 Å². The molecule has 0 aliphatic rings. The van der Waals surface area contributed by atoms with Crippen LogP contribution in [0.2, 0.25) is 0 Å². The number of rotatable bonds is 7. The van der Waals surface area contributed by atoms with Crippen molar-refractivity contribution in [2.45, 2.75) is 13.3 Å². The number of carboxylic acids is 1. The highest BCUT2D eigenvalue weighted by molar-refractivity contribution is 7.99. The lowest BCUT2D eigenvalue weighted by atomic mass is 10.5. The summed E-state index contributed by atoms with van der Waals surface area (Å²) in [5, 5.41) is 8.26. The molecule has 0 fully saturated rings. The van der Waals surface area contributed by atoms with E-state index in [1.165, 1.54) is 11.8 Å². The van der Waals surface area contributed by atoms with E-state index in [-0.39, 0.29) is 5.75 Å². The Kier molecular flexibility index (Phi) is 7.72. The molecular weight excluding hydrogens is 164 g/mol. The van der Waals surface area contributed by atoms with Gasteiger partial charge in [0.15, 0.2) is 0 Å². The summed E-state index contributed by atoms with van der Waals surface area (Å²) in [5.41, 5.74) is 0. The Balaban J connectivity index is 2.85. The maximum Gasteiger partial charge on any atom is 0.313 e. The van der Waals surface area contributed by atoms with Crippen molar-refractivity contribution in [3.8, 4) is 0 Å². The lowest BCUT2D eigenvalue weighted by molar-refractivity contribution is -0.133. The molecule has 0 unspecified atom stereocenters. The Morgan fingerprint density at radius 1 is 1.64 bits per heavy atom. The van der Waals surface area contributed by atoms with E-state index in [2.05, 4.69) is 0 Å². The van der Waals surface area contributed by atoms with E-state index in [0.29, 0.717) is 0 Å². The van der Waals surface area contributed by atoms with Gasteiger partial charge in [0.05, 0.1) is 5.75 Å². The summed E-state index contributed by atoms with van der Waals surface area (Å²) in [6.45, 7) is 3.43. The van der Waals surface area contributed by atoms with Crippen molar-refractivity contribution in [3.05, 3.63) is 0 Å². The maximum atomic E-state index is 10.0. The second-order valence-electron chi connectivity index (χ2n) is 2.00. The largest absolute Gasteiger partial charge is 0.481 e. The van der Waals surface area contributed by atoms with Crippen LogP contribution >= 0.6 is 11.8 Å². The Hall–Kier alpha value is -0.220. The summed E-state index contributed by atoms with van der Waals surface area (Å²) in [7, 11) is 0. The molecular formula is C7H14O3S. The average Bonchev–Trinajstić information content (AvgIpc) is 1.96. The van der Waals surface area contributed by atoms with Crippen LogP contribution in [-0.2, 0) is 9.53 Å². The molecule has 1 N–H and O–H groups in total. The van der Waals surface area contributed by atoms with Crippen molar-refractivity contribution in [1.82, 2.24) is 0 Å². The summed E-state index contributed by atoms with van der Waals surface area (Å²) >= 11 is 1.43. The van der Waals surface area contributed by atoms with E-state index in [0.717, 1.165) is 25.4 Å². The van der Waals surface area contributed by atoms with Gasteiger partial charge in [-0.15, -0.1) is 0 Å². The van der Waals surface area contributed by atoms with Crippen molar-refractivity contribution in [3.63, 3.8) is 0 Å². The lowest BCUT2D eigenvalue weighted by Crippen LogP contribution is -2.00. The van der Waals surface area contributed by atoms with Crippen LogP contribution in [0, 0.1) is 0 Å². The van der Waals surface area contributed by atoms with Gasteiger partial charge in [-0.3, -0.25) is 4.79 Å². The number of ether oxygens (including phenoxy) is 1. The van der Waals surface area contributed by atoms with Crippen molar-refractivity contribution < 1.29 is 14.6 Å². The quantitative estimate of drug-likeness (QED) is 0.596. The monoisotopic (exact) mass is 178 g/mol. The van der Waals surface area contributed by atoms with E-state index >= 15 is 0 Å². The molecule has 0 radical (unpaired) electrons. The Morgan fingerprint density at radius 2 is 2.36 bits per heavy atom. The third-order valence-corrected chi connectivity index (χ3v) is 2.04. The number of hydrogen-bond donors (Lipinski definition) is 1. The SMILES string of the molecule is CCOCCCSCC(=O)O. The van der Waals surface area contributed by atoms with Gasteiger partial charge in [-0.1, -0.05) is 0 Å². The van der Waals surface area contributed by atoms with Gasteiger partial charge in [-0.25, -0.2) is 0 Å². The maximum absolute atomic E-state index is 10.0. The van der Waals surface area contributed by atoms with E-state index in [1.54, 1.807) is 0 Å². The van der Waals surface area contributed by atoms with Crippen LogP contribution < -0.4 is 0 Å². The zero-order valence-corrected chi connectivity index (χ0v) is 7.52. The number of carbonyl (C=O) groups is 1. The molecule has 11 heavy (non-hydrogen) atoms. The highest BCUT2D eigenvalue weighted by atomic mass is 32.2. The molecule has 0 bridgehead atoms. The highest BCUT2D eigenvalue weighted by Crippen LogP contribution is 2.01. The Bertz CT molecular complexity index is 106. The van der Waals surface area contributed by atoms with Gasteiger partial charge in [0.2, 0.25) is 0 Å². The van der Waals surface area contributed by atoms with Crippen LogP contribution in [0.4, 0.5) is 0 Å². The second kappa shape index (κ2) is 7.88. The van der Waals surface area contributed by atoms with Crippen LogP contribution in [0.5, 0.6) is 0 Å². The van der Waals surface area contributed by atoms with E-state index in [9.17, 15) is 4.79 Å². The fourth-order valence-corrected chi connectivity index (χ4v) is 1.21. The molecule has 0 aliphatic carbocycles. The summed E-state index contributed by atoms with van der Waals surface area (Å²) in [6, 6.07) is 0. The molecule has 66 valence electrons. The predicted molar refractivity (Wildman–Crippen MR) is 46.1 cm³/mol. The van der Waals surface area contributed by atoms with Crippen molar-refractivity contribution in [2.24, 2.45) is 0 Å². The summed E-state index contributed by atoms with van der Waals surface area (Å²) < 4.78 is 5.08. The Morgan fingerprint density at radius 3 is 2.91 bits per heavy atom. The van der Waals surface area contributed by atoms with Gasteiger partial charge in [0, 0.05) is 13.2 Å².